The van der Waals surface area contributed by atoms with Gasteiger partial charge in [-0.3, -0.25) is 4.79 Å². The second-order valence-electron chi connectivity index (χ2n) is 6.17. The summed E-state index contributed by atoms with van der Waals surface area (Å²) < 4.78 is 42.8. The zero-order chi connectivity index (χ0) is 17.0. The van der Waals surface area contributed by atoms with Gasteiger partial charge in [0.25, 0.3) is 0 Å². The predicted octanol–water partition coefficient (Wildman–Crippen LogP) is 4.65. The Kier molecular flexibility index (Phi) is 5.83. The smallest absolute Gasteiger partial charge is 0.416 e. The lowest BCUT2D eigenvalue weighted by atomic mass is 10.1. The maximum atomic E-state index is 12.6. The van der Waals surface area contributed by atoms with Crippen molar-refractivity contribution in [2.75, 3.05) is 0 Å². The van der Waals surface area contributed by atoms with Crippen LogP contribution in [-0.4, -0.2) is 14.0 Å². The molecular formula is C16H19F3O2Si. The first-order valence-electron chi connectivity index (χ1n) is 6.82. The average molecular weight is 328 g/mol. The van der Waals surface area contributed by atoms with Gasteiger partial charge in [-0.15, -0.1) is 5.92 Å². The molecule has 0 fully saturated rings. The van der Waals surface area contributed by atoms with Gasteiger partial charge in [-0.05, 0) is 12.1 Å². The minimum Gasteiger partial charge on any atom is -0.444 e. The van der Waals surface area contributed by atoms with Crippen LogP contribution >= 0.6 is 0 Å². The van der Waals surface area contributed by atoms with E-state index in [1.165, 1.54) is 19.1 Å². The normalized spacial score (nSPS) is 13.0. The van der Waals surface area contributed by atoms with Crippen molar-refractivity contribution in [3.8, 4) is 11.8 Å². The van der Waals surface area contributed by atoms with E-state index in [2.05, 4.69) is 31.5 Å². The van der Waals surface area contributed by atoms with Gasteiger partial charge < -0.3 is 4.74 Å². The largest absolute Gasteiger partial charge is 0.444 e. The summed E-state index contributed by atoms with van der Waals surface area (Å²) in [6.07, 6.45) is -5.23. The lowest BCUT2D eigenvalue weighted by Gasteiger charge is -2.14. The number of rotatable bonds is 3. The molecule has 22 heavy (non-hydrogen) atoms. The zero-order valence-electron chi connectivity index (χ0n) is 13.0. The minimum atomic E-state index is -4.39. The second kappa shape index (κ2) is 7.01. The molecule has 1 atom stereocenters. The molecule has 1 unspecified atom stereocenters. The highest BCUT2D eigenvalue weighted by molar-refractivity contribution is 6.76. The van der Waals surface area contributed by atoms with Crippen LogP contribution in [0.5, 0.6) is 0 Å². The predicted molar refractivity (Wildman–Crippen MR) is 81.9 cm³/mol. The van der Waals surface area contributed by atoms with Crippen LogP contribution in [0.15, 0.2) is 24.3 Å². The molecule has 0 N–H and O–H groups in total. The van der Waals surface area contributed by atoms with Gasteiger partial charge in [0.05, 0.1) is 13.6 Å². The van der Waals surface area contributed by atoms with Crippen molar-refractivity contribution in [2.45, 2.75) is 44.9 Å². The molecule has 0 aliphatic carbocycles. The number of hydrogen-bond acceptors (Lipinski definition) is 2. The van der Waals surface area contributed by atoms with E-state index in [0.29, 0.717) is 5.56 Å². The molecule has 1 rings (SSSR count). The molecule has 0 saturated heterocycles. The van der Waals surface area contributed by atoms with Crippen molar-refractivity contribution in [3.05, 3.63) is 35.4 Å². The maximum absolute atomic E-state index is 12.6. The minimum absolute atomic E-state index is 0.436. The molecular weight excluding hydrogens is 309 g/mol. The van der Waals surface area contributed by atoms with Crippen LogP contribution < -0.4 is 0 Å². The van der Waals surface area contributed by atoms with E-state index >= 15 is 0 Å². The third-order valence-corrected chi connectivity index (χ3v) is 3.91. The molecule has 2 nitrogen and oxygen atoms in total. The van der Waals surface area contributed by atoms with Gasteiger partial charge in [0.1, 0.15) is 0 Å². The number of ether oxygens (including phenoxy) is 1. The number of alkyl halides is 3. The van der Waals surface area contributed by atoms with E-state index < -0.39 is 31.9 Å². The first-order chi connectivity index (χ1) is 9.99. The van der Waals surface area contributed by atoms with Crippen LogP contribution in [0.4, 0.5) is 13.2 Å². The lowest BCUT2D eigenvalue weighted by molar-refractivity contribution is -0.144. The van der Waals surface area contributed by atoms with Gasteiger partial charge in [-0.2, -0.15) is 13.2 Å². The Morgan fingerprint density at radius 3 is 2.18 bits per heavy atom. The van der Waals surface area contributed by atoms with Crippen LogP contribution in [0.3, 0.4) is 0 Å². The molecule has 0 spiro atoms. The van der Waals surface area contributed by atoms with Crippen LogP contribution in [0, 0.1) is 11.8 Å². The molecule has 0 aromatic heterocycles. The third kappa shape index (κ3) is 6.35. The van der Waals surface area contributed by atoms with Gasteiger partial charge in [0.2, 0.25) is 0 Å². The summed E-state index contributed by atoms with van der Waals surface area (Å²) in [5.41, 5.74) is -0.306. The highest BCUT2D eigenvalue weighted by atomic mass is 28.3. The molecule has 0 aliphatic rings. The number of carbonyl (C=O) groups excluding carboxylic acids is 1. The van der Waals surface area contributed by atoms with E-state index in [1.807, 2.05) is 0 Å². The zero-order valence-corrected chi connectivity index (χ0v) is 14.0. The number of benzene rings is 1. The fourth-order valence-corrected chi connectivity index (χ4v) is 2.23. The van der Waals surface area contributed by atoms with Gasteiger partial charge >= 0.3 is 12.1 Å². The van der Waals surface area contributed by atoms with E-state index in [-0.39, 0.29) is 0 Å². The fraction of sp³-hybridized carbons (Fsp3) is 0.438. The molecule has 0 saturated carbocycles. The van der Waals surface area contributed by atoms with Crippen molar-refractivity contribution in [3.63, 3.8) is 0 Å². The Balaban J connectivity index is 2.99. The first kappa shape index (κ1) is 18.3. The quantitative estimate of drug-likeness (QED) is 0.458. The summed E-state index contributed by atoms with van der Waals surface area (Å²) in [5, 5.41) is 0. The van der Waals surface area contributed by atoms with Crippen LogP contribution in [-0.2, 0) is 15.7 Å². The Bertz CT molecular complexity index is 575. The highest BCUT2D eigenvalue weighted by Crippen LogP contribution is 2.30. The molecule has 0 bridgehead atoms. The Morgan fingerprint density at radius 2 is 1.77 bits per heavy atom. The van der Waals surface area contributed by atoms with Crippen molar-refractivity contribution < 1.29 is 22.7 Å². The average Bonchev–Trinajstić information content (AvgIpc) is 2.35. The summed E-state index contributed by atoms with van der Waals surface area (Å²) in [5.74, 6) is 5.31. The van der Waals surface area contributed by atoms with Crippen molar-refractivity contribution in [2.24, 2.45) is 0 Å². The van der Waals surface area contributed by atoms with Crippen molar-refractivity contribution >= 4 is 14.0 Å². The first-order valence-corrected chi connectivity index (χ1v) is 10.5. The summed E-state index contributed by atoms with van der Waals surface area (Å²) >= 11 is 0. The van der Waals surface area contributed by atoms with Gasteiger partial charge in [0, 0.05) is 18.5 Å². The Hall–Kier alpha value is -1.74. The number of hydrogen-bond donors (Lipinski definition) is 0. The number of esters is 1. The lowest BCUT2D eigenvalue weighted by Crippen LogP contribution is -2.17. The van der Waals surface area contributed by atoms with E-state index in [4.69, 9.17) is 4.74 Å². The highest BCUT2D eigenvalue weighted by Gasteiger charge is 2.30. The molecule has 0 radical (unpaired) electrons. The molecule has 0 aliphatic heterocycles. The molecule has 0 heterocycles. The van der Waals surface area contributed by atoms with Crippen LogP contribution in [0.25, 0.3) is 0 Å². The third-order valence-electron chi connectivity index (χ3n) is 2.68. The maximum Gasteiger partial charge on any atom is 0.416 e. The summed E-state index contributed by atoms with van der Waals surface area (Å²) in [6, 6.07) is 5.24. The van der Waals surface area contributed by atoms with Crippen molar-refractivity contribution in [1.82, 2.24) is 0 Å². The monoisotopic (exact) mass is 328 g/mol. The summed E-state index contributed by atoms with van der Waals surface area (Å²) in [6.45, 7) is 7.71. The second-order valence-corrected chi connectivity index (χ2v) is 11.6. The number of carbonyl (C=O) groups is 1. The fourth-order valence-electron chi connectivity index (χ4n) is 1.60. The van der Waals surface area contributed by atoms with E-state index in [9.17, 15) is 18.0 Å². The topological polar surface area (TPSA) is 26.3 Å². The standard InChI is InChI=1S/C16H19F3O2Si/c1-12(20)21-15(6-5-11-22(2,3)4)13-7-9-14(10-8-13)16(17,18)19/h7-10,15H,11H2,1-4H3. The van der Waals surface area contributed by atoms with Crippen molar-refractivity contribution in [1.29, 1.82) is 0 Å². The molecule has 6 heteroatoms. The SMILES string of the molecule is CC(=O)OC(C#CC[Si](C)(C)C)c1ccc(C(F)(F)F)cc1. The van der Waals surface area contributed by atoms with Crippen LogP contribution in [0.2, 0.25) is 25.7 Å². The van der Waals surface area contributed by atoms with Crippen LogP contribution in [0.1, 0.15) is 24.2 Å². The van der Waals surface area contributed by atoms with Gasteiger partial charge in [0.15, 0.2) is 6.10 Å². The van der Waals surface area contributed by atoms with Gasteiger partial charge in [-0.1, -0.05) is 37.7 Å². The Labute approximate surface area is 129 Å². The molecule has 0 amide bonds. The molecule has 1 aromatic rings. The van der Waals surface area contributed by atoms with E-state index in [1.54, 1.807) is 0 Å². The molecule has 1 aromatic carbocycles. The molecule has 120 valence electrons. The summed E-state index contributed by atoms with van der Waals surface area (Å²) in [4.78, 5) is 11.2. The van der Waals surface area contributed by atoms with E-state index in [0.717, 1.165) is 18.2 Å². The number of halogens is 3. The summed E-state index contributed by atoms with van der Waals surface area (Å²) in [7, 11) is -1.36. The van der Waals surface area contributed by atoms with Gasteiger partial charge in [-0.25, -0.2) is 0 Å². The Morgan fingerprint density at radius 1 is 1.23 bits per heavy atom.